The van der Waals surface area contributed by atoms with E-state index in [2.05, 4.69) is 34.6 Å². The second-order valence-corrected chi connectivity index (χ2v) is 7.78. The van der Waals surface area contributed by atoms with Gasteiger partial charge in [0.05, 0.1) is 11.8 Å². The van der Waals surface area contributed by atoms with Crippen molar-refractivity contribution in [3.63, 3.8) is 0 Å². The fraction of sp³-hybridized carbons (Fsp3) is 0.250. The SMILES string of the molecule is Cc1ccccc1Cn1c(C(=O)Nc2nnc(C(C)C)s2)cc2occc21. The van der Waals surface area contributed by atoms with Crippen LogP contribution in [0.1, 0.15) is 46.4 Å². The maximum Gasteiger partial charge on any atom is 0.274 e. The number of aromatic nitrogens is 3. The summed E-state index contributed by atoms with van der Waals surface area (Å²) in [5.41, 5.74) is 4.45. The molecule has 1 N–H and O–H groups in total. The maximum atomic E-state index is 12.9. The summed E-state index contributed by atoms with van der Waals surface area (Å²) in [6, 6.07) is 11.8. The van der Waals surface area contributed by atoms with Crippen molar-refractivity contribution >= 4 is 33.5 Å². The van der Waals surface area contributed by atoms with Gasteiger partial charge in [0.1, 0.15) is 10.7 Å². The van der Waals surface area contributed by atoms with Gasteiger partial charge >= 0.3 is 0 Å². The Bertz CT molecular complexity index is 1110. The van der Waals surface area contributed by atoms with Crippen molar-refractivity contribution in [2.75, 3.05) is 5.32 Å². The zero-order valence-corrected chi connectivity index (χ0v) is 16.2. The van der Waals surface area contributed by atoms with Gasteiger partial charge in [-0.25, -0.2) is 0 Å². The van der Waals surface area contributed by atoms with Crippen molar-refractivity contribution in [1.82, 2.24) is 14.8 Å². The highest BCUT2D eigenvalue weighted by Gasteiger charge is 2.20. The van der Waals surface area contributed by atoms with E-state index in [0.717, 1.165) is 16.1 Å². The quantitative estimate of drug-likeness (QED) is 0.539. The van der Waals surface area contributed by atoms with E-state index in [1.54, 1.807) is 12.3 Å². The van der Waals surface area contributed by atoms with Crippen molar-refractivity contribution in [2.24, 2.45) is 0 Å². The molecule has 0 radical (unpaired) electrons. The highest BCUT2D eigenvalue weighted by atomic mass is 32.1. The van der Waals surface area contributed by atoms with Crippen LogP contribution in [0.3, 0.4) is 0 Å². The summed E-state index contributed by atoms with van der Waals surface area (Å²) >= 11 is 1.40. The molecule has 0 saturated carbocycles. The van der Waals surface area contributed by atoms with E-state index in [9.17, 15) is 4.79 Å². The maximum absolute atomic E-state index is 12.9. The molecule has 4 aromatic rings. The summed E-state index contributed by atoms with van der Waals surface area (Å²) in [5.74, 6) is 0.0573. The Hall–Kier alpha value is -2.93. The first kappa shape index (κ1) is 17.5. The van der Waals surface area contributed by atoms with Gasteiger partial charge in [-0.05, 0) is 18.1 Å². The number of hydrogen-bond donors (Lipinski definition) is 1. The first-order valence-electron chi connectivity index (χ1n) is 8.79. The highest BCUT2D eigenvalue weighted by Crippen LogP contribution is 2.26. The first-order chi connectivity index (χ1) is 13.0. The molecule has 3 aromatic heterocycles. The fourth-order valence-corrected chi connectivity index (χ4v) is 3.71. The van der Waals surface area contributed by atoms with Crippen LogP contribution < -0.4 is 5.32 Å². The van der Waals surface area contributed by atoms with Crippen LogP contribution >= 0.6 is 11.3 Å². The number of fused-ring (bicyclic) bond motifs is 1. The fourth-order valence-electron chi connectivity index (χ4n) is 2.97. The molecule has 0 unspecified atom stereocenters. The summed E-state index contributed by atoms with van der Waals surface area (Å²) < 4.78 is 7.49. The molecular weight excluding hydrogens is 360 g/mol. The van der Waals surface area contributed by atoms with Gasteiger partial charge in [-0.3, -0.25) is 10.1 Å². The van der Waals surface area contributed by atoms with Crippen LogP contribution in [0.4, 0.5) is 5.13 Å². The lowest BCUT2D eigenvalue weighted by molar-refractivity contribution is 0.101. The van der Waals surface area contributed by atoms with E-state index in [-0.39, 0.29) is 11.8 Å². The van der Waals surface area contributed by atoms with Gasteiger partial charge in [-0.2, -0.15) is 0 Å². The lowest BCUT2D eigenvalue weighted by atomic mass is 10.1. The second kappa shape index (κ2) is 7.00. The molecule has 138 valence electrons. The predicted molar refractivity (Wildman–Crippen MR) is 106 cm³/mol. The van der Waals surface area contributed by atoms with Crippen LogP contribution in [-0.2, 0) is 6.54 Å². The number of aryl methyl sites for hydroxylation is 1. The molecule has 0 aliphatic carbocycles. The Labute approximate surface area is 160 Å². The molecule has 7 heteroatoms. The summed E-state index contributed by atoms with van der Waals surface area (Å²) in [4.78, 5) is 12.9. The Morgan fingerprint density at radius 1 is 1.26 bits per heavy atom. The second-order valence-electron chi connectivity index (χ2n) is 6.77. The molecule has 6 nitrogen and oxygen atoms in total. The molecule has 0 fully saturated rings. The molecule has 0 spiro atoms. The number of carbonyl (C=O) groups is 1. The molecule has 0 atom stereocenters. The molecule has 3 heterocycles. The molecule has 0 bridgehead atoms. The van der Waals surface area contributed by atoms with Crippen LogP contribution in [0.5, 0.6) is 0 Å². The normalized spacial score (nSPS) is 11.4. The number of rotatable bonds is 5. The lowest BCUT2D eigenvalue weighted by Crippen LogP contribution is -2.17. The molecule has 0 aliphatic heterocycles. The molecule has 1 aromatic carbocycles. The van der Waals surface area contributed by atoms with Crippen LogP contribution in [0.2, 0.25) is 0 Å². The summed E-state index contributed by atoms with van der Waals surface area (Å²) in [6.07, 6.45) is 1.64. The third-order valence-corrected chi connectivity index (χ3v) is 5.64. The zero-order chi connectivity index (χ0) is 19.0. The standard InChI is InChI=1S/C20H20N4O2S/c1-12(2)19-22-23-20(27-19)21-18(25)16-10-17-15(8-9-26-17)24(16)11-14-7-5-4-6-13(14)3/h4-10,12H,11H2,1-3H3,(H,21,23,25). The van der Waals surface area contributed by atoms with Gasteiger partial charge in [0, 0.05) is 24.6 Å². The highest BCUT2D eigenvalue weighted by molar-refractivity contribution is 7.15. The van der Waals surface area contributed by atoms with E-state index in [1.807, 2.05) is 36.6 Å². The van der Waals surface area contributed by atoms with Crippen LogP contribution in [0.15, 0.2) is 47.1 Å². The van der Waals surface area contributed by atoms with E-state index in [1.165, 1.54) is 16.9 Å². The Kier molecular flexibility index (Phi) is 4.53. The monoisotopic (exact) mass is 380 g/mol. The summed E-state index contributed by atoms with van der Waals surface area (Å²) in [5, 5.41) is 12.5. The smallest absolute Gasteiger partial charge is 0.274 e. The molecule has 4 rings (SSSR count). The Morgan fingerprint density at radius 2 is 2.07 bits per heavy atom. The van der Waals surface area contributed by atoms with Crippen LogP contribution in [-0.4, -0.2) is 20.7 Å². The average Bonchev–Trinajstić information content (AvgIpc) is 3.34. The van der Waals surface area contributed by atoms with Gasteiger partial charge in [-0.1, -0.05) is 49.4 Å². The lowest BCUT2D eigenvalue weighted by Gasteiger charge is -2.11. The van der Waals surface area contributed by atoms with Gasteiger partial charge in [-0.15, -0.1) is 10.2 Å². The first-order valence-corrected chi connectivity index (χ1v) is 9.60. The van der Waals surface area contributed by atoms with Crippen molar-refractivity contribution in [2.45, 2.75) is 33.2 Å². The zero-order valence-electron chi connectivity index (χ0n) is 15.4. The Morgan fingerprint density at radius 3 is 2.81 bits per heavy atom. The van der Waals surface area contributed by atoms with E-state index >= 15 is 0 Å². The average molecular weight is 380 g/mol. The number of nitrogens with zero attached hydrogens (tertiary/aromatic N) is 3. The largest absolute Gasteiger partial charge is 0.463 e. The predicted octanol–water partition coefficient (Wildman–Crippen LogP) is 4.82. The molecule has 0 aliphatic rings. The number of carbonyl (C=O) groups excluding carboxylic acids is 1. The number of hydrogen-bond acceptors (Lipinski definition) is 5. The van der Waals surface area contributed by atoms with E-state index in [0.29, 0.717) is 23.0 Å². The number of nitrogens with one attached hydrogen (secondary N) is 1. The topological polar surface area (TPSA) is 73.0 Å². The minimum Gasteiger partial charge on any atom is -0.463 e. The summed E-state index contributed by atoms with van der Waals surface area (Å²) in [7, 11) is 0. The van der Waals surface area contributed by atoms with Crippen molar-refractivity contribution in [1.29, 1.82) is 0 Å². The van der Waals surface area contributed by atoms with Crippen molar-refractivity contribution in [3.05, 3.63) is 64.5 Å². The third-order valence-electron chi connectivity index (χ3n) is 4.50. The van der Waals surface area contributed by atoms with Crippen LogP contribution in [0.25, 0.3) is 11.1 Å². The summed E-state index contributed by atoms with van der Waals surface area (Å²) in [6.45, 7) is 6.76. The minimum absolute atomic E-state index is 0.221. The molecule has 27 heavy (non-hydrogen) atoms. The third kappa shape index (κ3) is 3.38. The number of benzene rings is 1. The van der Waals surface area contributed by atoms with E-state index in [4.69, 9.17) is 4.42 Å². The molecule has 0 saturated heterocycles. The van der Waals surface area contributed by atoms with Crippen LogP contribution in [0, 0.1) is 6.92 Å². The van der Waals surface area contributed by atoms with Gasteiger partial charge in [0.2, 0.25) is 5.13 Å². The molecular formula is C20H20N4O2S. The van der Waals surface area contributed by atoms with Gasteiger partial charge < -0.3 is 8.98 Å². The van der Waals surface area contributed by atoms with Gasteiger partial charge in [0.25, 0.3) is 5.91 Å². The minimum atomic E-state index is -0.221. The Balaban J connectivity index is 1.67. The van der Waals surface area contributed by atoms with Crippen molar-refractivity contribution in [3.8, 4) is 0 Å². The number of amides is 1. The van der Waals surface area contributed by atoms with Crippen molar-refractivity contribution < 1.29 is 9.21 Å². The molecule has 1 amide bonds. The number of anilines is 1. The number of furan rings is 1. The van der Waals surface area contributed by atoms with E-state index < -0.39 is 0 Å². The van der Waals surface area contributed by atoms with Gasteiger partial charge in [0.15, 0.2) is 5.58 Å².